The van der Waals surface area contributed by atoms with E-state index in [0.29, 0.717) is 37.2 Å². The molecular formula is C31H29BrN2O2. The molecule has 0 aromatic heterocycles. The zero-order chi connectivity index (χ0) is 24.9. The maximum atomic E-state index is 9.18. The lowest BCUT2D eigenvalue weighted by Gasteiger charge is -2.19. The van der Waals surface area contributed by atoms with Crippen molar-refractivity contribution in [1.82, 2.24) is 5.32 Å². The van der Waals surface area contributed by atoms with Crippen LogP contribution >= 0.6 is 15.9 Å². The van der Waals surface area contributed by atoms with Crippen LogP contribution in [0.2, 0.25) is 0 Å². The summed E-state index contributed by atoms with van der Waals surface area (Å²) in [4.78, 5) is 0. The quantitative estimate of drug-likeness (QED) is 0.300. The van der Waals surface area contributed by atoms with E-state index < -0.39 is 0 Å². The molecule has 2 unspecified atom stereocenters. The van der Waals surface area contributed by atoms with E-state index in [4.69, 9.17) is 9.47 Å². The Balaban J connectivity index is 1.32. The van der Waals surface area contributed by atoms with Crippen molar-refractivity contribution in [3.8, 4) is 17.6 Å². The first kappa shape index (κ1) is 24.4. The topological polar surface area (TPSA) is 54.3 Å². The molecule has 1 N–H and O–H groups in total. The summed E-state index contributed by atoms with van der Waals surface area (Å²) in [5, 5.41) is 12.6. The lowest BCUT2D eigenvalue weighted by Crippen LogP contribution is -2.13. The first-order valence-electron chi connectivity index (χ1n) is 12.4. The van der Waals surface area contributed by atoms with Crippen molar-refractivity contribution in [3.63, 3.8) is 0 Å². The first-order valence-corrected chi connectivity index (χ1v) is 13.2. The fourth-order valence-electron chi connectivity index (χ4n) is 4.69. The molecule has 1 fully saturated rings. The number of halogens is 1. The Morgan fingerprint density at radius 3 is 2.67 bits per heavy atom. The second-order valence-corrected chi connectivity index (χ2v) is 10.0. The Kier molecular flexibility index (Phi) is 7.55. The minimum absolute atomic E-state index is 0.390. The van der Waals surface area contributed by atoms with Gasteiger partial charge in [-0.1, -0.05) is 77.5 Å². The van der Waals surface area contributed by atoms with Gasteiger partial charge < -0.3 is 14.8 Å². The van der Waals surface area contributed by atoms with E-state index in [0.717, 1.165) is 33.7 Å². The molecule has 0 amide bonds. The maximum Gasteiger partial charge on any atom is 0.127 e. The molecule has 0 aliphatic heterocycles. The Morgan fingerprint density at radius 2 is 1.86 bits per heavy atom. The summed E-state index contributed by atoms with van der Waals surface area (Å²) < 4.78 is 13.6. The van der Waals surface area contributed by atoms with Gasteiger partial charge in [0.1, 0.15) is 24.7 Å². The van der Waals surface area contributed by atoms with Gasteiger partial charge in [0.2, 0.25) is 0 Å². The second-order valence-electron chi connectivity index (χ2n) is 9.23. The fraction of sp³-hybridized carbons (Fsp3) is 0.258. The number of nitrogens with one attached hydrogen (secondary N) is 1. The van der Waals surface area contributed by atoms with Gasteiger partial charge >= 0.3 is 0 Å². The minimum Gasteiger partial charge on any atom is -0.489 e. The number of rotatable bonds is 10. The lowest BCUT2D eigenvalue weighted by atomic mass is 9.93. The smallest absolute Gasteiger partial charge is 0.127 e. The summed E-state index contributed by atoms with van der Waals surface area (Å²) in [5.41, 5.74) is 6.54. The molecule has 0 radical (unpaired) electrons. The van der Waals surface area contributed by atoms with Crippen LogP contribution in [0.3, 0.4) is 0 Å². The van der Waals surface area contributed by atoms with Gasteiger partial charge in [0.15, 0.2) is 0 Å². The molecule has 3 aromatic rings. The second kappa shape index (κ2) is 11.2. The van der Waals surface area contributed by atoms with Gasteiger partial charge in [0.05, 0.1) is 11.6 Å². The average Bonchev–Trinajstić information content (AvgIpc) is 3.69. The molecule has 1 saturated carbocycles. The van der Waals surface area contributed by atoms with Crippen molar-refractivity contribution in [2.75, 3.05) is 13.2 Å². The Hall–Kier alpha value is -3.33. The number of fused-ring (bicyclic) bond motifs is 1. The highest BCUT2D eigenvalue weighted by Crippen LogP contribution is 2.55. The summed E-state index contributed by atoms with van der Waals surface area (Å²) in [5.74, 6) is 2.77. The van der Waals surface area contributed by atoms with E-state index in [2.05, 4.69) is 76.7 Å². The van der Waals surface area contributed by atoms with Crippen LogP contribution in [0.5, 0.6) is 11.5 Å². The lowest BCUT2D eigenvalue weighted by molar-refractivity contribution is 0.297. The molecule has 182 valence electrons. The normalized spacial score (nSPS) is 18.2. The predicted molar refractivity (Wildman–Crippen MR) is 147 cm³/mol. The van der Waals surface area contributed by atoms with Gasteiger partial charge in [-0.3, -0.25) is 0 Å². The molecule has 0 heterocycles. The third-order valence-corrected chi connectivity index (χ3v) is 7.61. The zero-order valence-electron chi connectivity index (χ0n) is 20.3. The van der Waals surface area contributed by atoms with Crippen LogP contribution in [0.1, 0.15) is 35.6 Å². The van der Waals surface area contributed by atoms with Crippen LogP contribution in [0.25, 0.3) is 5.57 Å². The summed E-state index contributed by atoms with van der Waals surface area (Å²) in [6.07, 6.45) is 3.56. The van der Waals surface area contributed by atoms with Crippen LogP contribution in [0.4, 0.5) is 0 Å². The third-order valence-electron chi connectivity index (χ3n) is 6.68. The van der Waals surface area contributed by atoms with Gasteiger partial charge in [-0.15, -0.1) is 0 Å². The number of nitriles is 1. The number of ether oxygens (including phenoxy) is 2. The standard InChI is InChI=1S/C31H29BrN2O2/c1-2-34-18-24-11-12-27(16-29(24)36-19-22-8-6-7-21(13-22)17-33)35-20-26-14-25-15-28(25)30(31(26)32)23-9-4-3-5-10-23/h3-14,16,25,28,34H,2,15,18-20H2,1H3. The van der Waals surface area contributed by atoms with E-state index in [-0.39, 0.29) is 0 Å². The summed E-state index contributed by atoms with van der Waals surface area (Å²) in [6, 6.07) is 26.4. The van der Waals surface area contributed by atoms with Crippen molar-refractivity contribution in [3.05, 3.63) is 111 Å². The molecule has 0 bridgehead atoms. The van der Waals surface area contributed by atoms with Crippen molar-refractivity contribution >= 4 is 21.5 Å². The Morgan fingerprint density at radius 1 is 1.00 bits per heavy atom. The summed E-state index contributed by atoms with van der Waals surface area (Å²) >= 11 is 3.89. The van der Waals surface area contributed by atoms with E-state index in [1.807, 2.05) is 30.3 Å². The van der Waals surface area contributed by atoms with Crippen LogP contribution in [0.15, 0.2) is 88.9 Å². The molecule has 2 aliphatic rings. The third kappa shape index (κ3) is 5.56. The van der Waals surface area contributed by atoms with Crippen molar-refractivity contribution in [1.29, 1.82) is 5.26 Å². The number of nitrogens with zero attached hydrogens (tertiary/aromatic N) is 1. The highest BCUT2D eigenvalue weighted by molar-refractivity contribution is 9.12. The molecular weight excluding hydrogens is 512 g/mol. The number of benzene rings is 3. The maximum absolute atomic E-state index is 9.18. The number of hydrogen-bond donors (Lipinski definition) is 1. The monoisotopic (exact) mass is 540 g/mol. The van der Waals surface area contributed by atoms with Crippen LogP contribution in [-0.2, 0) is 13.2 Å². The van der Waals surface area contributed by atoms with E-state index in [1.165, 1.54) is 23.1 Å². The Bertz CT molecular complexity index is 1340. The molecule has 0 saturated heterocycles. The Labute approximate surface area is 221 Å². The molecule has 4 nitrogen and oxygen atoms in total. The average molecular weight is 541 g/mol. The van der Waals surface area contributed by atoms with Crippen LogP contribution in [-0.4, -0.2) is 13.2 Å². The summed E-state index contributed by atoms with van der Waals surface area (Å²) in [6.45, 7) is 4.57. The van der Waals surface area contributed by atoms with E-state index >= 15 is 0 Å². The molecule has 5 heteroatoms. The highest BCUT2D eigenvalue weighted by Gasteiger charge is 2.43. The van der Waals surface area contributed by atoms with Crippen molar-refractivity contribution in [2.45, 2.75) is 26.5 Å². The molecule has 2 atom stereocenters. The number of hydrogen-bond acceptors (Lipinski definition) is 4. The van der Waals surface area contributed by atoms with Crippen LogP contribution in [0, 0.1) is 23.2 Å². The minimum atomic E-state index is 0.390. The molecule has 3 aromatic carbocycles. The highest BCUT2D eigenvalue weighted by atomic mass is 79.9. The SMILES string of the molecule is CCNCc1ccc(OCC2=CC3CC3C(c3ccccc3)=C2Br)cc1OCc1cccc(C#N)c1. The van der Waals surface area contributed by atoms with Gasteiger partial charge in [0.25, 0.3) is 0 Å². The van der Waals surface area contributed by atoms with Crippen molar-refractivity contribution < 1.29 is 9.47 Å². The van der Waals surface area contributed by atoms with E-state index in [9.17, 15) is 5.26 Å². The van der Waals surface area contributed by atoms with Gasteiger partial charge in [-0.2, -0.15) is 5.26 Å². The molecule has 36 heavy (non-hydrogen) atoms. The van der Waals surface area contributed by atoms with Gasteiger partial charge in [0, 0.05) is 28.2 Å². The number of allylic oxidation sites excluding steroid dienone is 2. The van der Waals surface area contributed by atoms with Crippen LogP contribution < -0.4 is 14.8 Å². The molecule has 0 spiro atoms. The zero-order valence-corrected chi connectivity index (χ0v) is 21.9. The molecule has 5 rings (SSSR count). The van der Waals surface area contributed by atoms with Gasteiger partial charge in [-0.05, 0) is 59.7 Å². The van der Waals surface area contributed by atoms with Crippen molar-refractivity contribution in [2.24, 2.45) is 11.8 Å². The predicted octanol–water partition coefficient (Wildman–Crippen LogP) is 7.01. The largest absolute Gasteiger partial charge is 0.489 e. The molecule has 2 aliphatic carbocycles. The fourth-order valence-corrected chi connectivity index (χ4v) is 5.46. The van der Waals surface area contributed by atoms with Gasteiger partial charge in [-0.25, -0.2) is 0 Å². The van der Waals surface area contributed by atoms with E-state index in [1.54, 1.807) is 6.07 Å². The first-order chi connectivity index (χ1) is 17.7. The summed E-state index contributed by atoms with van der Waals surface area (Å²) in [7, 11) is 0.